The Bertz CT molecular complexity index is 775. The molecule has 0 unspecified atom stereocenters. The quantitative estimate of drug-likeness (QED) is 0.742. The minimum Gasteiger partial charge on any atom is -0.478 e. The van der Waals surface area contributed by atoms with E-state index in [-0.39, 0.29) is 5.56 Å². The Kier molecular flexibility index (Phi) is 2.90. The molecule has 8 nitrogen and oxygen atoms in total. The molecule has 3 rings (SSSR count). The summed E-state index contributed by atoms with van der Waals surface area (Å²) in [7, 11) is 1.81. The molecule has 2 aromatic heterocycles. The molecule has 0 saturated heterocycles. The van der Waals surface area contributed by atoms with Gasteiger partial charge in [-0.1, -0.05) is 5.21 Å². The molecule has 102 valence electrons. The fourth-order valence-electron chi connectivity index (χ4n) is 1.97. The van der Waals surface area contributed by atoms with Crippen molar-refractivity contribution in [1.29, 1.82) is 0 Å². The highest BCUT2D eigenvalue weighted by molar-refractivity contribution is 5.92. The molecule has 0 aliphatic carbocycles. The van der Waals surface area contributed by atoms with Crippen LogP contribution in [0.15, 0.2) is 24.5 Å². The fourth-order valence-corrected chi connectivity index (χ4v) is 1.97. The molecule has 0 saturated carbocycles. The Hall–Kier alpha value is -2.77. The molecular weight excluding hydrogens is 260 g/mol. The topological polar surface area (TPSA) is 98.7 Å². The maximum absolute atomic E-state index is 11.0. The van der Waals surface area contributed by atoms with E-state index in [1.165, 1.54) is 6.07 Å². The number of carboxylic acids is 1. The van der Waals surface area contributed by atoms with Crippen molar-refractivity contribution in [3.63, 3.8) is 0 Å². The van der Waals surface area contributed by atoms with Gasteiger partial charge in [-0.05, 0) is 18.2 Å². The number of hydrogen-bond donors (Lipinski definition) is 1. The molecule has 0 aliphatic rings. The lowest BCUT2D eigenvalue weighted by Gasteiger charge is -2.00. The summed E-state index contributed by atoms with van der Waals surface area (Å²) in [5.74, 6) is -0.253. The summed E-state index contributed by atoms with van der Waals surface area (Å²) in [6.45, 7) is 0.545. The van der Waals surface area contributed by atoms with Gasteiger partial charge in [0.2, 0.25) is 0 Å². The molecule has 0 atom stereocenters. The molecule has 3 aromatic rings. The molecule has 0 amide bonds. The first kappa shape index (κ1) is 12.3. The molecule has 20 heavy (non-hydrogen) atoms. The van der Waals surface area contributed by atoms with Crippen LogP contribution in [0.2, 0.25) is 0 Å². The van der Waals surface area contributed by atoms with Crippen molar-refractivity contribution in [2.24, 2.45) is 7.05 Å². The van der Waals surface area contributed by atoms with E-state index in [4.69, 9.17) is 5.11 Å². The summed E-state index contributed by atoms with van der Waals surface area (Å²) in [4.78, 5) is 15.1. The molecule has 1 aromatic carbocycles. The number of aromatic carboxylic acids is 1. The Balaban J connectivity index is 1.87. The highest BCUT2D eigenvalue weighted by Crippen LogP contribution is 2.14. The molecule has 0 fully saturated rings. The van der Waals surface area contributed by atoms with Crippen molar-refractivity contribution in [3.05, 3.63) is 35.9 Å². The second kappa shape index (κ2) is 4.72. The van der Waals surface area contributed by atoms with Gasteiger partial charge in [-0.15, -0.1) is 5.10 Å². The zero-order valence-corrected chi connectivity index (χ0v) is 10.8. The summed E-state index contributed by atoms with van der Waals surface area (Å²) in [5, 5.41) is 21.2. The first-order chi connectivity index (χ1) is 9.63. The number of nitrogens with zero attached hydrogens (tertiary/aromatic N) is 6. The second-order valence-electron chi connectivity index (χ2n) is 4.41. The van der Waals surface area contributed by atoms with Gasteiger partial charge in [0.25, 0.3) is 0 Å². The Morgan fingerprint density at radius 1 is 1.40 bits per heavy atom. The predicted octanol–water partition coefficient (Wildman–Crippen LogP) is 0.501. The van der Waals surface area contributed by atoms with Crippen molar-refractivity contribution < 1.29 is 9.90 Å². The summed E-state index contributed by atoms with van der Waals surface area (Å²) < 4.78 is 3.30. The minimum atomic E-state index is -0.967. The van der Waals surface area contributed by atoms with Crippen molar-refractivity contribution >= 4 is 17.0 Å². The van der Waals surface area contributed by atoms with Crippen LogP contribution in [0.25, 0.3) is 11.0 Å². The molecule has 2 heterocycles. The average molecular weight is 272 g/mol. The number of rotatable bonds is 4. The van der Waals surface area contributed by atoms with Crippen LogP contribution in [-0.2, 0) is 20.0 Å². The highest BCUT2D eigenvalue weighted by atomic mass is 16.4. The molecule has 8 heteroatoms. The summed E-state index contributed by atoms with van der Waals surface area (Å²) in [6, 6.07) is 4.74. The normalized spacial score (nSPS) is 11.1. The van der Waals surface area contributed by atoms with E-state index >= 15 is 0 Å². The Morgan fingerprint density at radius 3 is 2.95 bits per heavy atom. The monoisotopic (exact) mass is 272 g/mol. The van der Waals surface area contributed by atoms with Crippen LogP contribution < -0.4 is 0 Å². The maximum atomic E-state index is 11.0. The Morgan fingerprint density at radius 2 is 2.25 bits per heavy atom. The average Bonchev–Trinajstić information content (AvgIpc) is 3.02. The number of carbonyl (C=O) groups is 1. The summed E-state index contributed by atoms with van der Waals surface area (Å²) in [6.07, 6.45) is 2.24. The standard InChI is InChI=1S/C12H12N6O2/c1-17-7-13-11(15-17)4-5-18-10-6-8(12(19)20)2-3-9(10)14-16-18/h2-3,6-7H,4-5H2,1H3,(H,19,20). The third-order valence-corrected chi connectivity index (χ3v) is 2.96. The third-order valence-electron chi connectivity index (χ3n) is 2.96. The van der Waals surface area contributed by atoms with Crippen LogP contribution in [0.1, 0.15) is 16.2 Å². The van der Waals surface area contributed by atoms with Crippen LogP contribution in [0.4, 0.5) is 0 Å². The maximum Gasteiger partial charge on any atom is 0.335 e. The van der Waals surface area contributed by atoms with E-state index < -0.39 is 5.97 Å². The van der Waals surface area contributed by atoms with Crippen LogP contribution in [0.3, 0.4) is 0 Å². The molecule has 0 radical (unpaired) electrons. The van der Waals surface area contributed by atoms with E-state index in [2.05, 4.69) is 20.4 Å². The largest absolute Gasteiger partial charge is 0.478 e. The minimum absolute atomic E-state index is 0.219. The van der Waals surface area contributed by atoms with Crippen molar-refractivity contribution in [2.75, 3.05) is 0 Å². The van der Waals surface area contributed by atoms with Crippen LogP contribution in [-0.4, -0.2) is 40.8 Å². The SMILES string of the molecule is Cn1cnc(CCn2nnc3ccc(C(=O)O)cc32)n1. The lowest BCUT2D eigenvalue weighted by Crippen LogP contribution is -2.05. The van der Waals surface area contributed by atoms with Gasteiger partial charge in [0.15, 0.2) is 5.82 Å². The van der Waals surface area contributed by atoms with E-state index in [0.29, 0.717) is 29.8 Å². The molecule has 1 N–H and O–H groups in total. The number of fused-ring (bicyclic) bond motifs is 1. The van der Waals surface area contributed by atoms with E-state index in [0.717, 1.165) is 0 Å². The molecular formula is C12H12N6O2. The van der Waals surface area contributed by atoms with E-state index in [1.807, 2.05) is 0 Å². The smallest absolute Gasteiger partial charge is 0.335 e. The number of carboxylic acid groups (broad SMARTS) is 1. The third kappa shape index (κ3) is 2.22. The first-order valence-corrected chi connectivity index (χ1v) is 6.04. The summed E-state index contributed by atoms with van der Waals surface area (Å²) in [5.41, 5.74) is 1.59. The lowest BCUT2D eigenvalue weighted by molar-refractivity contribution is 0.0697. The summed E-state index contributed by atoms with van der Waals surface area (Å²) >= 11 is 0. The van der Waals surface area contributed by atoms with Crippen molar-refractivity contribution in [2.45, 2.75) is 13.0 Å². The van der Waals surface area contributed by atoms with Crippen molar-refractivity contribution in [1.82, 2.24) is 29.8 Å². The second-order valence-corrected chi connectivity index (χ2v) is 4.41. The van der Waals surface area contributed by atoms with E-state index in [1.54, 1.807) is 34.9 Å². The van der Waals surface area contributed by atoms with Gasteiger partial charge in [-0.2, -0.15) is 5.10 Å². The van der Waals surface area contributed by atoms with Gasteiger partial charge in [0.05, 0.1) is 17.6 Å². The highest BCUT2D eigenvalue weighted by Gasteiger charge is 2.10. The van der Waals surface area contributed by atoms with Gasteiger partial charge >= 0.3 is 5.97 Å². The van der Waals surface area contributed by atoms with Crippen LogP contribution in [0.5, 0.6) is 0 Å². The number of hydrogen-bond acceptors (Lipinski definition) is 5. The lowest BCUT2D eigenvalue weighted by atomic mass is 10.2. The zero-order valence-electron chi connectivity index (χ0n) is 10.8. The van der Waals surface area contributed by atoms with Gasteiger partial charge < -0.3 is 5.11 Å². The van der Waals surface area contributed by atoms with Gasteiger partial charge in [-0.3, -0.25) is 4.68 Å². The van der Waals surface area contributed by atoms with Crippen molar-refractivity contribution in [3.8, 4) is 0 Å². The number of aryl methyl sites for hydroxylation is 3. The number of aromatic nitrogens is 6. The first-order valence-electron chi connectivity index (χ1n) is 6.04. The van der Waals surface area contributed by atoms with Crippen LogP contribution in [0, 0.1) is 0 Å². The Labute approximate surface area is 113 Å². The van der Waals surface area contributed by atoms with Gasteiger partial charge in [0.1, 0.15) is 11.8 Å². The van der Waals surface area contributed by atoms with Gasteiger partial charge in [-0.25, -0.2) is 14.5 Å². The van der Waals surface area contributed by atoms with Gasteiger partial charge in [0, 0.05) is 13.5 Å². The predicted molar refractivity (Wildman–Crippen MR) is 69.2 cm³/mol. The van der Waals surface area contributed by atoms with Crippen LogP contribution >= 0.6 is 0 Å². The number of benzene rings is 1. The fraction of sp³-hybridized carbons (Fsp3) is 0.250. The van der Waals surface area contributed by atoms with E-state index in [9.17, 15) is 4.79 Å². The molecule has 0 bridgehead atoms. The molecule has 0 spiro atoms. The zero-order chi connectivity index (χ0) is 14.1. The molecule has 0 aliphatic heterocycles.